The van der Waals surface area contributed by atoms with E-state index in [1.165, 1.54) is 16.7 Å². The van der Waals surface area contributed by atoms with Gasteiger partial charge in [0.2, 0.25) is 5.91 Å². The third kappa shape index (κ3) is 6.60. The van der Waals surface area contributed by atoms with Crippen LogP contribution in [0.2, 0.25) is 5.02 Å². The molecule has 1 heterocycles. The highest BCUT2D eigenvalue weighted by Gasteiger charge is 2.22. The van der Waals surface area contributed by atoms with E-state index >= 15 is 0 Å². The Labute approximate surface area is 216 Å². The van der Waals surface area contributed by atoms with Crippen molar-refractivity contribution in [2.24, 2.45) is 5.92 Å². The predicted molar refractivity (Wildman–Crippen MR) is 144 cm³/mol. The van der Waals surface area contributed by atoms with E-state index in [1.54, 1.807) is 12.1 Å². The molecule has 0 spiro atoms. The molecule has 1 unspecified atom stereocenters. The Morgan fingerprint density at radius 1 is 1.00 bits per heavy atom. The lowest BCUT2D eigenvalue weighted by Gasteiger charge is -2.33. The predicted octanol–water partition coefficient (Wildman–Crippen LogP) is 6.79. The minimum Gasteiger partial charge on any atom is -0.326 e. The molecule has 1 aliphatic heterocycles. The Bertz CT molecular complexity index is 1180. The second kappa shape index (κ2) is 11.5. The van der Waals surface area contributed by atoms with E-state index < -0.39 is 10.8 Å². The van der Waals surface area contributed by atoms with Crippen LogP contribution < -0.4 is 5.32 Å². The largest absolute Gasteiger partial charge is 0.326 e. The average Bonchev–Trinajstić information content (AvgIpc) is 2.86. The summed E-state index contributed by atoms with van der Waals surface area (Å²) < 4.78 is 12.8. The Morgan fingerprint density at radius 2 is 1.60 bits per heavy atom. The van der Waals surface area contributed by atoms with Crippen LogP contribution in [0.15, 0.2) is 76.5 Å². The van der Waals surface area contributed by atoms with Crippen molar-refractivity contribution in [3.8, 4) is 0 Å². The van der Waals surface area contributed by atoms with Gasteiger partial charge in [-0.2, -0.15) is 0 Å². The first-order valence-electron chi connectivity index (χ1n) is 12.2. The molecule has 0 radical (unpaired) electrons. The van der Waals surface area contributed by atoms with Crippen LogP contribution in [0.25, 0.3) is 0 Å². The zero-order valence-corrected chi connectivity index (χ0v) is 22.2. The molecule has 1 saturated heterocycles. The van der Waals surface area contributed by atoms with Gasteiger partial charge in [0.1, 0.15) is 0 Å². The van der Waals surface area contributed by atoms with Gasteiger partial charge in [-0.25, -0.2) is 4.21 Å². The molecule has 3 aromatic carbocycles. The molecule has 0 saturated carbocycles. The van der Waals surface area contributed by atoms with E-state index in [0.717, 1.165) is 48.0 Å². The van der Waals surface area contributed by atoms with E-state index in [2.05, 4.69) is 41.4 Å². The van der Waals surface area contributed by atoms with Crippen molar-refractivity contribution in [3.05, 3.63) is 88.4 Å². The second-order valence-corrected chi connectivity index (χ2v) is 11.5. The molecule has 4 rings (SSSR count). The van der Waals surface area contributed by atoms with Gasteiger partial charge in [0.15, 0.2) is 0 Å². The van der Waals surface area contributed by atoms with Crippen molar-refractivity contribution in [1.82, 2.24) is 4.90 Å². The summed E-state index contributed by atoms with van der Waals surface area (Å²) in [5, 5.41) is 3.68. The number of anilines is 1. The van der Waals surface area contributed by atoms with Crippen LogP contribution in [0.4, 0.5) is 5.69 Å². The van der Waals surface area contributed by atoms with E-state index in [9.17, 15) is 9.00 Å². The van der Waals surface area contributed by atoms with Crippen LogP contribution in [-0.4, -0.2) is 28.1 Å². The number of carbonyl (C=O) groups excluding carboxylic acids is 1. The van der Waals surface area contributed by atoms with Gasteiger partial charge in [0, 0.05) is 33.0 Å². The van der Waals surface area contributed by atoms with Gasteiger partial charge in [-0.3, -0.25) is 9.69 Å². The molecule has 1 amide bonds. The molecule has 1 aliphatic rings. The lowest BCUT2D eigenvalue weighted by atomic mass is 9.86. The molecule has 1 N–H and O–H groups in total. The zero-order valence-electron chi connectivity index (χ0n) is 20.6. The number of halogens is 1. The normalized spacial score (nSPS) is 15.8. The Morgan fingerprint density at radius 3 is 2.20 bits per heavy atom. The number of hydrogen-bond acceptors (Lipinski definition) is 3. The van der Waals surface area contributed by atoms with E-state index in [0.29, 0.717) is 10.9 Å². The number of nitrogens with one attached hydrogen (secondary N) is 1. The summed E-state index contributed by atoms with van der Waals surface area (Å²) >= 11 is 5.94. The number of nitrogens with zero attached hydrogens (tertiary/aromatic N) is 1. The maximum absolute atomic E-state index is 12.8. The molecule has 35 heavy (non-hydrogen) atoms. The van der Waals surface area contributed by atoms with E-state index in [4.69, 9.17) is 11.6 Å². The van der Waals surface area contributed by atoms with Crippen LogP contribution in [0, 0.1) is 12.8 Å². The fourth-order valence-corrected chi connectivity index (χ4v) is 5.68. The van der Waals surface area contributed by atoms with Crippen molar-refractivity contribution in [2.45, 2.75) is 55.9 Å². The maximum Gasteiger partial charge on any atom is 0.226 e. The van der Waals surface area contributed by atoms with Gasteiger partial charge in [-0.15, -0.1) is 0 Å². The van der Waals surface area contributed by atoms with Gasteiger partial charge in [0.25, 0.3) is 0 Å². The molecule has 1 fully saturated rings. The molecular formula is C29H33ClN2O2S. The minimum absolute atomic E-state index is 0.0329. The number of piperidine rings is 1. The molecule has 3 aromatic rings. The summed E-state index contributed by atoms with van der Waals surface area (Å²) in [5.41, 5.74) is 4.76. The van der Waals surface area contributed by atoms with Crippen LogP contribution in [0.1, 0.15) is 49.3 Å². The standard InChI is InChI=1S/C29H33ClN2O2S/c1-20(2)29(33)31-25-9-4-21(3)28(18-25)23-14-16-32(17-15-23)19-22-5-10-26(11-6-22)35(34)27-12-7-24(30)8-13-27/h4-13,18,20,23H,14-17,19H2,1-3H3,(H,31,33). The average molecular weight is 509 g/mol. The van der Waals surface area contributed by atoms with E-state index in [-0.39, 0.29) is 11.8 Å². The molecule has 6 heteroatoms. The number of likely N-dealkylation sites (tertiary alicyclic amines) is 1. The third-order valence-corrected chi connectivity index (χ3v) is 8.32. The summed E-state index contributed by atoms with van der Waals surface area (Å²) in [5.74, 6) is 0.526. The highest BCUT2D eigenvalue weighted by atomic mass is 35.5. The Hall–Kier alpha value is -2.47. The fourth-order valence-electron chi connectivity index (χ4n) is 4.52. The third-order valence-electron chi connectivity index (χ3n) is 6.67. The van der Waals surface area contributed by atoms with Crippen LogP contribution >= 0.6 is 11.6 Å². The number of amides is 1. The smallest absolute Gasteiger partial charge is 0.226 e. The number of aryl methyl sites for hydroxylation is 1. The molecule has 0 aliphatic carbocycles. The van der Waals surface area contributed by atoms with Crippen molar-refractivity contribution in [3.63, 3.8) is 0 Å². The monoisotopic (exact) mass is 508 g/mol. The molecular weight excluding hydrogens is 476 g/mol. The molecule has 4 nitrogen and oxygen atoms in total. The van der Waals surface area contributed by atoms with Crippen molar-refractivity contribution in [2.75, 3.05) is 18.4 Å². The molecule has 1 atom stereocenters. The SMILES string of the molecule is Cc1ccc(NC(=O)C(C)C)cc1C1CCN(Cc2ccc(S(=O)c3ccc(Cl)cc3)cc2)CC1. The topological polar surface area (TPSA) is 49.4 Å². The van der Waals surface area contributed by atoms with Gasteiger partial charge < -0.3 is 5.32 Å². The highest BCUT2D eigenvalue weighted by molar-refractivity contribution is 7.85. The molecule has 184 valence electrons. The number of benzene rings is 3. The highest BCUT2D eigenvalue weighted by Crippen LogP contribution is 2.32. The summed E-state index contributed by atoms with van der Waals surface area (Å²) in [4.78, 5) is 16.1. The number of hydrogen-bond donors (Lipinski definition) is 1. The Kier molecular flexibility index (Phi) is 8.42. The molecule has 0 bridgehead atoms. The van der Waals surface area contributed by atoms with Gasteiger partial charge in [-0.05, 0) is 104 Å². The van der Waals surface area contributed by atoms with Gasteiger partial charge in [-0.1, -0.05) is 43.6 Å². The number of rotatable bonds is 7. The minimum atomic E-state index is -1.21. The zero-order chi connectivity index (χ0) is 24.9. The fraction of sp³-hybridized carbons (Fsp3) is 0.345. The van der Waals surface area contributed by atoms with Gasteiger partial charge in [0.05, 0.1) is 10.8 Å². The summed E-state index contributed by atoms with van der Waals surface area (Å²) in [6, 6.07) is 21.5. The molecule has 0 aromatic heterocycles. The maximum atomic E-state index is 12.8. The quantitative estimate of drug-likeness (QED) is 0.382. The lowest BCUT2D eigenvalue weighted by molar-refractivity contribution is -0.118. The van der Waals surface area contributed by atoms with Crippen LogP contribution in [0.5, 0.6) is 0 Å². The van der Waals surface area contributed by atoms with Crippen LogP contribution in [-0.2, 0) is 22.1 Å². The van der Waals surface area contributed by atoms with Crippen molar-refractivity contribution in [1.29, 1.82) is 0 Å². The first-order chi connectivity index (χ1) is 16.8. The number of carbonyl (C=O) groups is 1. The summed E-state index contributed by atoms with van der Waals surface area (Å²) in [6.45, 7) is 8.94. The Balaban J connectivity index is 1.33. The van der Waals surface area contributed by atoms with E-state index in [1.807, 2.05) is 44.2 Å². The second-order valence-electron chi connectivity index (χ2n) is 9.63. The summed E-state index contributed by atoms with van der Waals surface area (Å²) in [7, 11) is -1.21. The van der Waals surface area contributed by atoms with Crippen LogP contribution in [0.3, 0.4) is 0 Å². The lowest BCUT2D eigenvalue weighted by Crippen LogP contribution is -2.32. The van der Waals surface area contributed by atoms with Crippen molar-refractivity contribution >= 4 is 34.0 Å². The summed E-state index contributed by atoms with van der Waals surface area (Å²) in [6.07, 6.45) is 2.20. The van der Waals surface area contributed by atoms with Gasteiger partial charge >= 0.3 is 0 Å². The first kappa shape index (κ1) is 25.6. The first-order valence-corrected chi connectivity index (χ1v) is 13.7. The van der Waals surface area contributed by atoms with Crippen molar-refractivity contribution < 1.29 is 9.00 Å².